The topological polar surface area (TPSA) is 96.8 Å². The van der Waals surface area contributed by atoms with Crippen LogP contribution >= 0.6 is 0 Å². The number of nitrogens with zero attached hydrogens (tertiary/aromatic N) is 6. The Morgan fingerprint density at radius 3 is 2.84 bits per heavy atom. The van der Waals surface area contributed by atoms with Gasteiger partial charge in [0.15, 0.2) is 5.82 Å². The van der Waals surface area contributed by atoms with Gasteiger partial charge in [-0.3, -0.25) is 5.10 Å². The fraction of sp³-hybridized carbons (Fsp3) is 0.529. The van der Waals surface area contributed by atoms with Crippen LogP contribution in [0.2, 0.25) is 0 Å². The molecule has 1 saturated heterocycles. The lowest BCUT2D eigenvalue weighted by atomic mass is 10.2. The fourth-order valence-electron chi connectivity index (χ4n) is 3.00. The quantitative estimate of drug-likeness (QED) is 0.855. The highest BCUT2D eigenvalue weighted by Crippen LogP contribution is 2.39. The summed E-state index contributed by atoms with van der Waals surface area (Å²) >= 11 is 0. The van der Waals surface area contributed by atoms with Crippen LogP contribution in [-0.2, 0) is 6.42 Å². The van der Waals surface area contributed by atoms with Gasteiger partial charge in [-0.15, -0.1) is 0 Å². The first-order valence-electron chi connectivity index (χ1n) is 8.71. The van der Waals surface area contributed by atoms with E-state index in [0.717, 1.165) is 43.3 Å². The molecule has 8 nitrogen and oxygen atoms in total. The van der Waals surface area contributed by atoms with E-state index in [1.54, 1.807) is 6.20 Å². The molecule has 2 aromatic rings. The van der Waals surface area contributed by atoms with Gasteiger partial charge in [-0.25, -0.2) is 4.98 Å². The second-order valence-corrected chi connectivity index (χ2v) is 6.78. The van der Waals surface area contributed by atoms with Crippen molar-refractivity contribution in [2.75, 3.05) is 43.4 Å². The highest BCUT2D eigenvalue weighted by Gasteiger charge is 2.26. The number of hydrogen-bond donors (Lipinski definition) is 2. The van der Waals surface area contributed by atoms with Crippen molar-refractivity contribution in [2.45, 2.75) is 25.2 Å². The Balaban J connectivity index is 1.56. The summed E-state index contributed by atoms with van der Waals surface area (Å²) in [6.07, 6.45) is 4.47. The van der Waals surface area contributed by atoms with Gasteiger partial charge in [0.1, 0.15) is 5.82 Å². The van der Waals surface area contributed by atoms with Crippen LogP contribution in [0.15, 0.2) is 12.3 Å². The van der Waals surface area contributed by atoms with Gasteiger partial charge in [-0.1, -0.05) is 0 Å². The molecule has 1 saturated carbocycles. The molecule has 2 fully saturated rings. The zero-order chi connectivity index (χ0) is 17.2. The molecule has 130 valence electrons. The van der Waals surface area contributed by atoms with Crippen LogP contribution in [0.5, 0.6) is 0 Å². The van der Waals surface area contributed by atoms with E-state index >= 15 is 0 Å². The number of H-pyrrole nitrogens is 1. The summed E-state index contributed by atoms with van der Waals surface area (Å²) in [5, 5.41) is 19.8. The van der Waals surface area contributed by atoms with E-state index in [-0.39, 0.29) is 6.42 Å². The van der Waals surface area contributed by atoms with Crippen LogP contribution in [0, 0.1) is 11.3 Å². The third-order valence-electron chi connectivity index (χ3n) is 4.77. The monoisotopic (exact) mass is 338 g/mol. The summed E-state index contributed by atoms with van der Waals surface area (Å²) in [6.45, 7) is 3.80. The number of anilines is 3. The minimum atomic E-state index is 0.269. The van der Waals surface area contributed by atoms with Crippen molar-refractivity contribution >= 4 is 17.6 Å². The average Bonchev–Trinajstić information content (AvgIpc) is 3.37. The van der Waals surface area contributed by atoms with Crippen LogP contribution < -0.4 is 10.2 Å². The van der Waals surface area contributed by atoms with Crippen molar-refractivity contribution in [2.24, 2.45) is 0 Å². The molecule has 0 spiro atoms. The van der Waals surface area contributed by atoms with E-state index in [1.165, 1.54) is 12.8 Å². The van der Waals surface area contributed by atoms with Crippen molar-refractivity contribution in [3.8, 4) is 6.07 Å². The van der Waals surface area contributed by atoms with Gasteiger partial charge in [0.05, 0.1) is 12.5 Å². The zero-order valence-corrected chi connectivity index (χ0v) is 14.4. The van der Waals surface area contributed by atoms with Gasteiger partial charge in [-0.2, -0.15) is 15.3 Å². The average molecular weight is 338 g/mol. The predicted octanol–water partition coefficient (Wildman–Crippen LogP) is 1.64. The van der Waals surface area contributed by atoms with Crippen molar-refractivity contribution in [3.63, 3.8) is 0 Å². The van der Waals surface area contributed by atoms with E-state index in [9.17, 15) is 0 Å². The number of nitrogens with one attached hydrogen (secondary N) is 2. The molecule has 25 heavy (non-hydrogen) atoms. The molecule has 1 aliphatic carbocycles. The first kappa shape index (κ1) is 15.8. The van der Waals surface area contributed by atoms with Gasteiger partial charge in [0, 0.05) is 55.6 Å². The summed E-state index contributed by atoms with van der Waals surface area (Å²) in [7, 11) is 2.12. The Hall–Kier alpha value is -2.66. The summed E-state index contributed by atoms with van der Waals surface area (Å²) in [5.74, 6) is 2.73. The molecule has 2 aromatic heterocycles. The Bertz CT molecular complexity index is 780. The fourth-order valence-corrected chi connectivity index (χ4v) is 3.00. The van der Waals surface area contributed by atoms with Crippen LogP contribution in [0.3, 0.4) is 0 Å². The highest BCUT2D eigenvalue weighted by atomic mass is 15.3. The Kier molecular flexibility index (Phi) is 4.24. The van der Waals surface area contributed by atoms with E-state index in [2.05, 4.69) is 48.4 Å². The molecule has 2 N–H and O–H groups in total. The molecule has 3 heterocycles. The van der Waals surface area contributed by atoms with E-state index in [1.807, 2.05) is 6.07 Å². The molecule has 0 unspecified atom stereocenters. The first-order chi connectivity index (χ1) is 12.2. The lowest BCUT2D eigenvalue weighted by Crippen LogP contribution is -2.45. The van der Waals surface area contributed by atoms with Crippen molar-refractivity contribution in [1.29, 1.82) is 5.26 Å². The Morgan fingerprint density at radius 2 is 2.12 bits per heavy atom. The first-order valence-corrected chi connectivity index (χ1v) is 8.71. The lowest BCUT2D eigenvalue weighted by molar-refractivity contribution is 0.311. The Morgan fingerprint density at radius 1 is 1.32 bits per heavy atom. The molecule has 0 bridgehead atoms. The van der Waals surface area contributed by atoms with Gasteiger partial charge in [0.2, 0.25) is 5.95 Å². The summed E-state index contributed by atoms with van der Waals surface area (Å²) < 4.78 is 0. The minimum absolute atomic E-state index is 0.269. The molecule has 1 aliphatic heterocycles. The third-order valence-corrected chi connectivity index (χ3v) is 4.77. The van der Waals surface area contributed by atoms with Crippen molar-refractivity contribution < 1.29 is 0 Å². The minimum Gasteiger partial charge on any atom is -0.338 e. The number of hydrogen-bond acceptors (Lipinski definition) is 7. The van der Waals surface area contributed by atoms with Crippen molar-refractivity contribution in [3.05, 3.63) is 23.5 Å². The standard InChI is InChI=1S/C17H22N8/c1-24-6-8-25(9-7-24)17-19-11-13(4-5-18)16(21-17)20-15-10-14(22-23-15)12-2-3-12/h10-12H,2-4,6-9H2,1H3,(H2,19,20,21,22,23). The number of aromatic nitrogens is 4. The van der Waals surface area contributed by atoms with Crippen LogP contribution in [-0.4, -0.2) is 58.3 Å². The SMILES string of the molecule is CN1CCN(c2ncc(CC#N)c(Nc3cc(C4CC4)[nH]n3)n2)CC1. The maximum atomic E-state index is 9.07. The number of rotatable bonds is 5. The molecule has 8 heteroatoms. The molecular weight excluding hydrogens is 316 g/mol. The predicted molar refractivity (Wildman–Crippen MR) is 94.9 cm³/mol. The molecule has 4 rings (SSSR count). The summed E-state index contributed by atoms with van der Waals surface area (Å²) in [5.41, 5.74) is 1.95. The molecule has 0 atom stereocenters. The summed E-state index contributed by atoms with van der Waals surface area (Å²) in [4.78, 5) is 13.6. The zero-order valence-electron chi connectivity index (χ0n) is 14.4. The molecule has 0 amide bonds. The van der Waals surface area contributed by atoms with Gasteiger partial charge >= 0.3 is 0 Å². The highest BCUT2D eigenvalue weighted by molar-refractivity contribution is 5.58. The lowest BCUT2D eigenvalue weighted by Gasteiger charge is -2.32. The molecular formula is C17H22N8. The van der Waals surface area contributed by atoms with Crippen LogP contribution in [0.25, 0.3) is 0 Å². The van der Waals surface area contributed by atoms with Gasteiger partial charge < -0.3 is 15.1 Å². The second-order valence-electron chi connectivity index (χ2n) is 6.78. The number of nitriles is 1. The smallest absolute Gasteiger partial charge is 0.227 e. The van der Waals surface area contributed by atoms with E-state index < -0.39 is 0 Å². The Labute approximate surface area is 146 Å². The normalized spacial score (nSPS) is 18.2. The van der Waals surface area contributed by atoms with Gasteiger partial charge in [0.25, 0.3) is 0 Å². The largest absolute Gasteiger partial charge is 0.338 e. The van der Waals surface area contributed by atoms with E-state index in [4.69, 9.17) is 5.26 Å². The number of piperazine rings is 1. The third kappa shape index (κ3) is 3.56. The van der Waals surface area contributed by atoms with Crippen LogP contribution in [0.4, 0.5) is 17.6 Å². The number of aromatic amines is 1. The maximum absolute atomic E-state index is 9.07. The van der Waals surface area contributed by atoms with Crippen molar-refractivity contribution in [1.82, 2.24) is 25.1 Å². The second kappa shape index (κ2) is 6.69. The molecule has 0 aromatic carbocycles. The van der Waals surface area contributed by atoms with E-state index in [0.29, 0.717) is 17.7 Å². The van der Waals surface area contributed by atoms with Gasteiger partial charge in [-0.05, 0) is 19.9 Å². The maximum Gasteiger partial charge on any atom is 0.227 e. The summed E-state index contributed by atoms with van der Waals surface area (Å²) in [6, 6.07) is 4.21. The number of likely N-dealkylation sites (N-methyl/N-ethyl adjacent to an activating group) is 1. The molecule has 0 radical (unpaired) electrons. The van der Waals surface area contributed by atoms with Crippen LogP contribution in [0.1, 0.15) is 30.0 Å². The molecule has 2 aliphatic rings.